The maximum atomic E-state index is 14.1. The highest BCUT2D eigenvalue weighted by Crippen LogP contribution is 2.32. The van der Waals surface area contributed by atoms with E-state index in [1.807, 2.05) is 24.0 Å². The Hall–Kier alpha value is -2.62. The van der Waals surface area contributed by atoms with Gasteiger partial charge in [-0.1, -0.05) is 29.8 Å². The van der Waals surface area contributed by atoms with Crippen LogP contribution in [0.4, 0.5) is 4.39 Å². The lowest BCUT2D eigenvalue weighted by molar-refractivity contribution is 0.0785. The Kier molecular flexibility index (Phi) is 4.06. The van der Waals surface area contributed by atoms with Crippen molar-refractivity contribution in [2.75, 3.05) is 13.1 Å². The van der Waals surface area contributed by atoms with E-state index in [1.54, 1.807) is 6.07 Å². The van der Waals surface area contributed by atoms with E-state index in [4.69, 9.17) is 0 Å². The SMILES string of the molecule is Cc1cc(C)c2[nH]c(C(=O)N3CC[C@@H](c4ccccc4F)C3)c(C)c2c1. The molecule has 1 saturated heterocycles. The molecule has 1 aliphatic heterocycles. The minimum atomic E-state index is -0.181. The van der Waals surface area contributed by atoms with Crippen molar-refractivity contribution in [1.29, 1.82) is 0 Å². The van der Waals surface area contributed by atoms with Crippen LogP contribution in [-0.2, 0) is 0 Å². The first kappa shape index (κ1) is 16.8. The van der Waals surface area contributed by atoms with Crippen molar-refractivity contribution in [3.63, 3.8) is 0 Å². The highest BCUT2D eigenvalue weighted by Gasteiger charge is 2.31. The third-order valence-corrected chi connectivity index (χ3v) is 5.54. The lowest BCUT2D eigenvalue weighted by Gasteiger charge is -2.17. The smallest absolute Gasteiger partial charge is 0.270 e. The van der Waals surface area contributed by atoms with Gasteiger partial charge < -0.3 is 9.88 Å². The van der Waals surface area contributed by atoms with E-state index in [2.05, 4.69) is 31.0 Å². The monoisotopic (exact) mass is 350 g/mol. The summed E-state index contributed by atoms with van der Waals surface area (Å²) in [5, 5.41) is 1.11. The van der Waals surface area contributed by atoms with Crippen molar-refractivity contribution in [2.24, 2.45) is 0 Å². The Morgan fingerprint density at radius 2 is 1.96 bits per heavy atom. The minimum absolute atomic E-state index is 0.00888. The van der Waals surface area contributed by atoms with E-state index in [9.17, 15) is 9.18 Å². The van der Waals surface area contributed by atoms with E-state index in [0.29, 0.717) is 24.3 Å². The molecule has 0 bridgehead atoms. The van der Waals surface area contributed by atoms with Crippen LogP contribution in [0.5, 0.6) is 0 Å². The lowest BCUT2D eigenvalue weighted by Crippen LogP contribution is -2.29. The molecule has 1 aromatic heterocycles. The first-order valence-corrected chi connectivity index (χ1v) is 9.09. The van der Waals surface area contributed by atoms with Crippen LogP contribution in [0.15, 0.2) is 36.4 Å². The van der Waals surface area contributed by atoms with Gasteiger partial charge in [-0.05, 0) is 56.0 Å². The summed E-state index contributed by atoms with van der Waals surface area (Å²) in [6.45, 7) is 7.34. The van der Waals surface area contributed by atoms with Gasteiger partial charge in [0.1, 0.15) is 11.5 Å². The normalized spacial score (nSPS) is 17.2. The average Bonchev–Trinajstić information content (AvgIpc) is 3.21. The van der Waals surface area contributed by atoms with Crippen molar-refractivity contribution in [1.82, 2.24) is 9.88 Å². The molecule has 134 valence electrons. The summed E-state index contributed by atoms with van der Waals surface area (Å²) in [5.41, 5.74) is 5.72. The fraction of sp³-hybridized carbons (Fsp3) is 0.318. The number of nitrogens with zero attached hydrogens (tertiary/aromatic N) is 1. The van der Waals surface area contributed by atoms with E-state index < -0.39 is 0 Å². The molecule has 3 nitrogen and oxygen atoms in total. The average molecular weight is 350 g/mol. The topological polar surface area (TPSA) is 36.1 Å². The highest BCUT2D eigenvalue weighted by atomic mass is 19.1. The number of hydrogen-bond donors (Lipinski definition) is 1. The van der Waals surface area contributed by atoms with Crippen LogP contribution in [0, 0.1) is 26.6 Å². The van der Waals surface area contributed by atoms with Crippen LogP contribution < -0.4 is 0 Å². The van der Waals surface area contributed by atoms with Crippen molar-refractivity contribution in [3.8, 4) is 0 Å². The lowest BCUT2D eigenvalue weighted by atomic mass is 9.98. The predicted molar refractivity (Wildman–Crippen MR) is 102 cm³/mol. The predicted octanol–water partition coefficient (Wildman–Crippen LogP) is 4.86. The molecule has 0 saturated carbocycles. The number of H-pyrrole nitrogens is 1. The Bertz CT molecular complexity index is 1000. The zero-order chi connectivity index (χ0) is 18.4. The number of benzene rings is 2. The summed E-state index contributed by atoms with van der Waals surface area (Å²) < 4.78 is 14.1. The number of carbonyl (C=O) groups excluding carboxylic acids is 1. The summed E-state index contributed by atoms with van der Waals surface area (Å²) >= 11 is 0. The fourth-order valence-corrected chi connectivity index (χ4v) is 4.16. The van der Waals surface area contributed by atoms with Gasteiger partial charge in [-0.2, -0.15) is 0 Å². The van der Waals surface area contributed by atoms with Crippen LogP contribution in [0.3, 0.4) is 0 Å². The number of aromatic amines is 1. The number of carbonyl (C=O) groups is 1. The van der Waals surface area contributed by atoms with Crippen molar-refractivity contribution >= 4 is 16.8 Å². The molecule has 0 aliphatic carbocycles. The molecule has 0 spiro atoms. The van der Waals surface area contributed by atoms with Gasteiger partial charge in [-0.3, -0.25) is 4.79 Å². The summed E-state index contributed by atoms with van der Waals surface area (Å²) in [6.07, 6.45) is 0.796. The number of fused-ring (bicyclic) bond motifs is 1. The van der Waals surface area contributed by atoms with E-state index in [-0.39, 0.29) is 17.6 Å². The maximum Gasteiger partial charge on any atom is 0.270 e. The van der Waals surface area contributed by atoms with Crippen LogP contribution in [0.1, 0.15) is 45.1 Å². The van der Waals surface area contributed by atoms with Crippen molar-refractivity contribution < 1.29 is 9.18 Å². The van der Waals surface area contributed by atoms with Gasteiger partial charge >= 0.3 is 0 Å². The Morgan fingerprint density at radius 3 is 2.73 bits per heavy atom. The standard InChI is InChI=1S/C22H23FN2O/c1-13-10-14(2)20-18(11-13)15(3)21(24-20)22(26)25-9-8-16(12-25)17-6-4-5-7-19(17)23/h4-7,10-11,16,24H,8-9,12H2,1-3H3/t16-/m1/s1. The van der Waals surface area contributed by atoms with Gasteiger partial charge in [0.25, 0.3) is 5.91 Å². The zero-order valence-corrected chi connectivity index (χ0v) is 15.4. The number of nitrogens with one attached hydrogen (secondary N) is 1. The number of hydrogen-bond acceptors (Lipinski definition) is 1. The number of rotatable bonds is 2. The van der Waals surface area contributed by atoms with E-state index in [0.717, 1.165) is 28.5 Å². The molecule has 1 aliphatic rings. The number of amides is 1. The molecule has 26 heavy (non-hydrogen) atoms. The fourth-order valence-electron chi connectivity index (χ4n) is 4.16. The summed E-state index contributed by atoms with van der Waals surface area (Å²) in [7, 11) is 0. The maximum absolute atomic E-state index is 14.1. The van der Waals surface area contributed by atoms with Gasteiger partial charge in [0, 0.05) is 29.9 Å². The summed E-state index contributed by atoms with van der Waals surface area (Å²) in [6, 6.07) is 11.1. The number of aryl methyl sites for hydroxylation is 3. The molecule has 1 fully saturated rings. The molecule has 2 heterocycles. The molecule has 1 amide bonds. The molecule has 3 aromatic rings. The van der Waals surface area contributed by atoms with Gasteiger partial charge in [0.15, 0.2) is 0 Å². The van der Waals surface area contributed by atoms with Crippen molar-refractivity contribution in [3.05, 3.63) is 70.2 Å². The van der Waals surface area contributed by atoms with Crippen LogP contribution in [0.25, 0.3) is 10.9 Å². The second-order valence-electron chi connectivity index (χ2n) is 7.39. The molecule has 2 aromatic carbocycles. The summed E-state index contributed by atoms with van der Waals surface area (Å²) in [4.78, 5) is 18.3. The molecule has 4 heteroatoms. The highest BCUT2D eigenvalue weighted by molar-refractivity contribution is 6.01. The van der Waals surface area contributed by atoms with Crippen LogP contribution >= 0.6 is 0 Å². The van der Waals surface area contributed by atoms with Crippen LogP contribution in [-0.4, -0.2) is 28.9 Å². The molecule has 1 N–H and O–H groups in total. The molecule has 4 rings (SSSR count). The molecule has 1 atom stereocenters. The molecule has 0 unspecified atom stereocenters. The van der Waals surface area contributed by atoms with Gasteiger partial charge in [-0.25, -0.2) is 4.39 Å². The molecule has 0 radical (unpaired) electrons. The quantitative estimate of drug-likeness (QED) is 0.704. The third-order valence-electron chi connectivity index (χ3n) is 5.54. The first-order valence-electron chi connectivity index (χ1n) is 9.09. The largest absolute Gasteiger partial charge is 0.350 e. The summed E-state index contributed by atoms with van der Waals surface area (Å²) in [5.74, 6) is -0.108. The third kappa shape index (κ3) is 2.70. The van der Waals surface area contributed by atoms with Gasteiger partial charge in [0.2, 0.25) is 0 Å². The van der Waals surface area contributed by atoms with Gasteiger partial charge in [-0.15, -0.1) is 0 Å². The molecular weight excluding hydrogens is 327 g/mol. The minimum Gasteiger partial charge on any atom is -0.350 e. The Morgan fingerprint density at radius 1 is 1.19 bits per heavy atom. The van der Waals surface area contributed by atoms with Gasteiger partial charge in [0.05, 0.1) is 0 Å². The first-order chi connectivity index (χ1) is 12.5. The second-order valence-corrected chi connectivity index (χ2v) is 7.39. The van der Waals surface area contributed by atoms with Crippen molar-refractivity contribution in [2.45, 2.75) is 33.1 Å². The van der Waals surface area contributed by atoms with E-state index >= 15 is 0 Å². The number of likely N-dealkylation sites (tertiary alicyclic amines) is 1. The zero-order valence-electron chi connectivity index (χ0n) is 15.4. The Balaban J connectivity index is 1.63. The van der Waals surface area contributed by atoms with Crippen LogP contribution in [0.2, 0.25) is 0 Å². The van der Waals surface area contributed by atoms with E-state index in [1.165, 1.54) is 11.6 Å². The second kappa shape index (κ2) is 6.27. The number of aromatic nitrogens is 1. The molecular formula is C22H23FN2O. The number of halogens is 1. The Labute approximate surface area is 152 Å².